The Morgan fingerprint density at radius 3 is 2.70 bits per heavy atom. The van der Waals surface area contributed by atoms with Gasteiger partial charge in [-0.2, -0.15) is 0 Å². The van der Waals surface area contributed by atoms with E-state index in [0.29, 0.717) is 23.9 Å². The number of aryl methyl sites for hydroxylation is 1. The van der Waals surface area contributed by atoms with E-state index >= 15 is 0 Å². The third-order valence-electron chi connectivity index (χ3n) is 4.53. The smallest absolute Gasteiger partial charge is 0.115 e. The van der Waals surface area contributed by atoms with Gasteiger partial charge in [0, 0.05) is 18.1 Å². The lowest BCUT2D eigenvalue weighted by atomic mass is 9.97. The summed E-state index contributed by atoms with van der Waals surface area (Å²) in [5.74, 6) is 0.347. The van der Waals surface area contributed by atoms with Gasteiger partial charge in [0.1, 0.15) is 5.75 Å². The topological polar surface area (TPSA) is 35.5 Å². The van der Waals surface area contributed by atoms with Gasteiger partial charge in [0.2, 0.25) is 0 Å². The number of phenolic OH excluding ortho intramolecular Hbond substituents is 1. The molecule has 0 radical (unpaired) electrons. The van der Waals surface area contributed by atoms with Crippen LogP contribution in [0.15, 0.2) is 24.3 Å². The predicted molar refractivity (Wildman–Crippen MR) is 84.1 cm³/mol. The molecule has 2 N–H and O–H groups in total. The first-order valence-corrected chi connectivity index (χ1v) is 7.79. The van der Waals surface area contributed by atoms with Crippen molar-refractivity contribution in [3.05, 3.63) is 29.8 Å². The number of piperidine rings is 1. The van der Waals surface area contributed by atoms with Gasteiger partial charge >= 0.3 is 0 Å². The van der Waals surface area contributed by atoms with Crippen molar-refractivity contribution < 1.29 is 5.11 Å². The fraction of sp³-hybridized carbons (Fsp3) is 0.647. The van der Waals surface area contributed by atoms with E-state index in [1.54, 1.807) is 12.1 Å². The van der Waals surface area contributed by atoms with E-state index in [2.05, 4.69) is 31.1 Å². The average Bonchev–Trinajstić information content (AvgIpc) is 2.42. The summed E-state index contributed by atoms with van der Waals surface area (Å²) < 4.78 is 0. The highest BCUT2D eigenvalue weighted by Crippen LogP contribution is 2.17. The average molecular weight is 276 g/mol. The van der Waals surface area contributed by atoms with Gasteiger partial charge in [0.15, 0.2) is 0 Å². The van der Waals surface area contributed by atoms with Crippen LogP contribution in [0.1, 0.15) is 38.7 Å². The van der Waals surface area contributed by atoms with Crippen molar-refractivity contribution in [3.63, 3.8) is 0 Å². The summed E-state index contributed by atoms with van der Waals surface area (Å²) in [4.78, 5) is 2.44. The Hall–Kier alpha value is -1.06. The SMILES string of the molecule is CC(CCc1ccc(O)cc1)NC1CCN(C)C(C)C1. The maximum absolute atomic E-state index is 9.28. The zero-order valence-electron chi connectivity index (χ0n) is 13.0. The molecule has 0 aliphatic carbocycles. The van der Waals surface area contributed by atoms with E-state index in [9.17, 15) is 5.11 Å². The summed E-state index contributed by atoms with van der Waals surface area (Å²) in [5, 5.41) is 13.1. The van der Waals surface area contributed by atoms with Gasteiger partial charge in [0.05, 0.1) is 0 Å². The Bertz CT molecular complexity index is 404. The van der Waals surface area contributed by atoms with E-state index in [4.69, 9.17) is 0 Å². The molecular weight excluding hydrogens is 248 g/mol. The Morgan fingerprint density at radius 1 is 1.35 bits per heavy atom. The van der Waals surface area contributed by atoms with E-state index in [1.807, 2.05) is 12.1 Å². The van der Waals surface area contributed by atoms with Crippen LogP contribution in [0.2, 0.25) is 0 Å². The van der Waals surface area contributed by atoms with E-state index in [-0.39, 0.29) is 0 Å². The highest BCUT2D eigenvalue weighted by Gasteiger charge is 2.23. The molecule has 1 aromatic rings. The van der Waals surface area contributed by atoms with Crippen LogP contribution in [0.4, 0.5) is 0 Å². The van der Waals surface area contributed by atoms with Crippen LogP contribution in [-0.2, 0) is 6.42 Å². The van der Waals surface area contributed by atoms with Gasteiger partial charge in [-0.05, 0) is 70.8 Å². The van der Waals surface area contributed by atoms with Crippen molar-refractivity contribution >= 4 is 0 Å². The van der Waals surface area contributed by atoms with Crippen molar-refractivity contribution in [2.75, 3.05) is 13.6 Å². The minimum absolute atomic E-state index is 0.347. The largest absolute Gasteiger partial charge is 0.508 e. The summed E-state index contributed by atoms with van der Waals surface area (Å²) in [7, 11) is 2.22. The van der Waals surface area contributed by atoms with Crippen LogP contribution >= 0.6 is 0 Å². The molecule has 20 heavy (non-hydrogen) atoms. The summed E-state index contributed by atoms with van der Waals surface area (Å²) in [5.41, 5.74) is 1.30. The molecule has 3 heteroatoms. The number of likely N-dealkylation sites (tertiary alicyclic amines) is 1. The van der Waals surface area contributed by atoms with Crippen molar-refractivity contribution in [1.29, 1.82) is 0 Å². The second kappa shape index (κ2) is 7.09. The number of phenols is 1. The maximum Gasteiger partial charge on any atom is 0.115 e. The molecule has 0 saturated carbocycles. The molecule has 1 aliphatic rings. The molecule has 3 nitrogen and oxygen atoms in total. The standard InChI is InChI=1S/C17H28N2O/c1-13(4-5-15-6-8-17(20)9-7-15)18-16-10-11-19(3)14(2)12-16/h6-9,13-14,16,18,20H,4-5,10-12H2,1-3H3. The third-order valence-corrected chi connectivity index (χ3v) is 4.53. The molecule has 0 aromatic heterocycles. The van der Waals surface area contributed by atoms with Crippen molar-refractivity contribution in [1.82, 2.24) is 10.2 Å². The minimum Gasteiger partial charge on any atom is -0.508 e. The fourth-order valence-electron chi connectivity index (χ4n) is 2.97. The second-order valence-corrected chi connectivity index (χ2v) is 6.32. The van der Waals surface area contributed by atoms with Crippen LogP contribution in [-0.4, -0.2) is 41.7 Å². The second-order valence-electron chi connectivity index (χ2n) is 6.32. The van der Waals surface area contributed by atoms with Crippen LogP contribution in [0.25, 0.3) is 0 Å². The van der Waals surface area contributed by atoms with E-state index in [1.165, 1.54) is 24.9 Å². The Morgan fingerprint density at radius 2 is 2.05 bits per heavy atom. The van der Waals surface area contributed by atoms with Crippen LogP contribution in [0.3, 0.4) is 0 Å². The molecular formula is C17H28N2O. The first-order valence-electron chi connectivity index (χ1n) is 7.79. The molecule has 3 unspecified atom stereocenters. The number of rotatable bonds is 5. The molecule has 112 valence electrons. The van der Waals surface area contributed by atoms with Crippen molar-refractivity contribution in [2.24, 2.45) is 0 Å². The molecule has 3 atom stereocenters. The molecule has 1 aromatic carbocycles. The first-order chi connectivity index (χ1) is 9.54. The number of nitrogens with one attached hydrogen (secondary N) is 1. The van der Waals surface area contributed by atoms with Crippen LogP contribution in [0, 0.1) is 0 Å². The van der Waals surface area contributed by atoms with Crippen LogP contribution < -0.4 is 5.32 Å². The zero-order valence-corrected chi connectivity index (χ0v) is 13.0. The van der Waals surface area contributed by atoms with Gasteiger partial charge < -0.3 is 15.3 Å². The van der Waals surface area contributed by atoms with Crippen LogP contribution in [0.5, 0.6) is 5.75 Å². The monoisotopic (exact) mass is 276 g/mol. The van der Waals surface area contributed by atoms with Crippen molar-refractivity contribution in [3.8, 4) is 5.75 Å². The normalized spacial score (nSPS) is 25.6. The first kappa shape index (κ1) is 15.3. The quantitative estimate of drug-likeness (QED) is 0.868. The highest BCUT2D eigenvalue weighted by molar-refractivity contribution is 5.25. The zero-order chi connectivity index (χ0) is 14.5. The molecule has 0 spiro atoms. The van der Waals surface area contributed by atoms with Crippen molar-refractivity contribution in [2.45, 2.75) is 57.7 Å². The number of nitrogens with zero attached hydrogens (tertiary/aromatic N) is 1. The molecule has 1 aliphatic heterocycles. The molecule has 2 rings (SSSR count). The van der Waals surface area contributed by atoms with Gasteiger partial charge in [-0.15, -0.1) is 0 Å². The third kappa shape index (κ3) is 4.50. The Labute approximate surface area is 123 Å². The lowest BCUT2D eigenvalue weighted by molar-refractivity contribution is 0.162. The minimum atomic E-state index is 0.347. The maximum atomic E-state index is 9.28. The van der Waals surface area contributed by atoms with Gasteiger partial charge in [-0.3, -0.25) is 0 Å². The highest BCUT2D eigenvalue weighted by atomic mass is 16.3. The summed E-state index contributed by atoms with van der Waals surface area (Å²) >= 11 is 0. The lowest BCUT2D eigenvalue weighted by Gasteiger charge is -2.36. The number of benzene rings is 1. The Kier molecular flexibility index (Phi) is 5.44. The van der Waals surface area contributed by atoms with E-state index in [0.717, 1.165) is 12.8 Å². The lowest BCUT2D eigenvalue weighted by Crippen LogP contribution is -2.48. The van der Waals surface area contributed by atoms with Gasteiger partial charge in [0.25, 0.3) is 0 Å². The molecule has 1 heterocycles. The van der Waals surface area contributed by atoms with E-state index < -0.39 is 0 Å². The summed E-state index contributed by atoms with van der Waals surface area (Å²) in [6.45, 7) is 5.79. The molecule has 1 saturated heterocycles. The Balaban J connectivity index is 1.72. The van der Waals surface area contributed by atoms with Gasteiger partial charge in [-0.1, -0.05) is 12.1 Å². The number of hydrogen-bond acceptors (Lipinski definition) is 3. The summed E-state index contributed by atoms with van der Waals surface area (Å²) in [6, 6.07) is 9.46. The van der Waals surface area contributed by atoms with Gasteiger partial charge in [-0.25, -0.2) is 0 Å². The summed E-state index contributed by atoms with van der Waals surface area (Å²) in [6.07, 6.45) is 4.71. The number of aromatic hydroxyl groups is 1. The fourth-order valence-corrected chi connectivity index (χ4v) is 2.97. The molecule has 0 bridgehead atoms. The predicted octanol–water partition coefficient (Wildman–Crippen LogP) is 2.79. The molecule has 0 amide bonds. The molecule has 1 fully saturated rings. The number of hydrogen-bond donors (Lipinski definition) is 2.